The molecule has 0 fully saturated rings. The Hall–Kier alpha value is -4.44. The number of halogens is 2. The zero-order chi connectivity index (χ0) is 43.6. The van der Waals surface area contributed by atoms with E-state index in [1.165, 1.54) is 89.0 Å². The van der Waals surface area contributed by atoms with E-state index in [0.717, 1.165) is 44.2 Å². The van der Waals surface area contributed by atoms with E-state index in [0.29, 0.717) is 0 Å². The van der Waals surface area contributed by atoms with Crippen LogP contribution in [-0.2, 0) is 15.0 Å². The van der Waals surface area contributed by atoms with Gasteiger partial charge in [-0.25, -0.2) is 0 Å². The molecule has 0 aliphatic heterocycles. The molecule has 0 N–H and O–H groups in total. The Morgan fingerprint density at radius 1 is 0.484 bits per heavy atom. The van der Waals surface area contributed by atoms with Crippen molar-refractivity contribution < 1.29 is 23.8 Å². The van der Waals surface area contributed by atoms with Crippen molar-refractivity contribution in [3.8, 4) is 22.3 Å². The average Bonchev–Trinajstić information content (AvgIpc) is 4.04. The van der Waals surface area contributed by atoms with Gasteiger partial charge in [0.15, 0.2) is 0 Å². The maximum absolute atomic E-state index is 9.20. The molecule has 6 aromatic carbocycles. The molecule has 6 heteroatoms. The molecule has 2 heterocycles. The second-order valence-corrected chi connectivity index (χ2v) is 57.3. The normalized spacial score (nSPS) is 16.2. The molecule has 62 heavy (non-hydrogen) atoms. The summed E-state index contributed by atoms with van der Waals surface area (Å²) in [6.07, 6.45) is 8.60. The van der Waals surface area contributed by atoms with Gasteiger partial charge in [0.05, 0.1) is 0 Å². The van der Waals surface area contributed by atoms with Crippen molar-refractivity contribution in [2.75, 3.05) is 0 Å². The Labute approximate surface area is 374 Å². The topological polar surface area (TPSA) is 26.3 Å². The third-order valence-corrected chi connectivity index (χ3v) is 61.1. The third kappa shape index (κ3) is 6.03. The minimum absolute atomic E-state index is 0.283. The average molecular weight is 947 g/mol. The number of benzene rings is 6. The third-order valence-electron chi connectivity index (χ3n) is 14.8. The van der Waals surface area contributed by atoms with Crippen molar-refractivity contribution >= 4 is 67.3 Å². The quantitative estimate of drug-likeness (QED) is 0.155. The van der Waals surface area contributed by atoms with Crippen molar-refractivity contribution in [3.63, 3.8) is 0 Å². The molecular formula is C56H52Cl2O2SiZr. The number of rotatable bonds is 6. The molecule has 0 radical (unpaired) electrons. The van der Waals surface area contributed by atoms with Crippen LogP contribution in [-0.4, -0.2) is 5.43 Å². The summed E-state index contributed by atoms with van der Waals surface area (Å²) < 4.78 is 12.9. The van der Waals surface area contributed by atoms with Crippen LogP contribution < -0.4 is 0 Å². The van der Waals surface area contributed by atoms with Gasteiger partial charge in [-0.15, -0.1) is 0 Å². The van der Waals surface area contributed by atoms with Gasteiger partial charge < -0.3 is 0 Å². The van der Waals surface area contributed by atoms with Gasteiger partial charge in [0.1, 0.15) is 0 Å². The molecule has 310 valence electrons. The van der Waals surface area contributed by atoms with Gasteiger partial charge in [-0.1, -0.05) is 0 Å². The Morgan fingerprint density at radius 3 is 1.23 bits per heavy atom. The summed E-state index contributed by atoms with van der Waals surface area (Å²) in [7, 11) is 18.4. The second-order valence-electron chi connectivity index (χ2n) is 18.5. The van der Waals surface area contributed by atoms with Crippen LogP contribution in [0.15, 0.2) is 118 Å². The molecular weight excluding hydrogens is 895 g/mol. The monoisotopic (exact) mass is 944 g/mol. The summed E-state index contributed by atoms with van der Waals surface area (Å²) in [6.45, 7) is 22.5. The molecule has 2 aromatic heterocycles. The first-order valence-electron chi connectivity index (χ1n) is 21.8. The van der Waals surface area contributed by atoms with Crippen LogP contribution in [0.1, 0.15) is 85.5 Å². The van der Waals surface area contributed by atoms with Crippen molar-refractivity contribution in [2.24, 2.45) is 0 Å². The predicted octanol–water partition coefficient (Wildman–Crippen LogP) is 17.1. The molecule has 0 amide bonds. The number of hydrogen-bond donors (Lipinski definition) is 0. The van der Waals surface area contributed by atoms with E-state index < -0.39 is 20.4 Å². The minimum atomic E-state index is -5.57. The predicted molar refractivity (Wildman–Crippen MR) is 264 cm³/mol. The fourth-order valence-electron chi connectivity index (χ4n) is 11.0. The van der Waals surface area contributed by atoms with Crippen molar-refractivity contribution in [2.45, 2.75) is 75.7 Å². The van der Waals surface area contributed by atoms with E-state index in [1.807, 2.05) is 12.5 Å². The van der Waals surface area contributed by atoms with E-state index in [-0.39, 0.29) is 7.25 Å². The van der Waals surface area contributed by atoms with Crippen LogP contribution in [0.3, 0.4) is 0 Å². The number of allylic oxidation sites excluding steroid dienone is 2. The Morgan fingerprint density at radius 2 is 0.855 bits per heavy atom. The van der Waals surface area contributed by atoms with Crippen molar-refractivity contribution in [1.82, 2.24) is 0 Å². The fourth-order valence-corrected chi connectivity index (χ4v) is 38.6. The zero-order valence-corrected chi connectivity index (χ0v) is 42.2. The Bertz CT molecular complexity index is 3120. The second kappa shape index (κ2) is 14.8. The van der Waals surface area contributed by atoms with E-state index in [2.05, 4.69) is 178 Å². The van der Waals surface area contributed by atoms with Gasteiger partial charge in [-0.05, 0) is 0 Å². The Balaban J connectivity index is 1.32. The molecule has 2 aliphatic rings. The van der Waals surface area contributed by atoms with E-state index in [4.69, 9.17) is 8.83 Å². The summed E-state index contributed by atoms with van der Waals surface area (Å²) >= 11 is -5.57. The summed E-state index contributed by atoms with van der Waals surface area (Å²) in [5.74, 6) is 1.71. The molecule has 0 spiro atoms. The van der Waals surface area contributed by atoms with Gasteiger partial charge in [0.2, 0.25) is 0 Å². The van der Waals surface area contributed by atoms with Gasteiger partial charge >= 0.3 is 377 Å². The van der Waals surface area contributed by atoms with Crippen LogP contribution in [0.5, 0.6) is 0 Å². The first-order valence-corrected chi connectivity index (χ1v) is 37.1. The first-order chi connectivity index (χ1) is 29.6. The van der Waals surface area contributed by atoms with Gasteiger partial charge in [-0.3, -0.25) is 0 Å². The zero-order valence-electron chi connectivity index (χ0n) is 37.3. The van der Waals surface area contributed by atoms with E-state index in [9.17, 15) is 17.0 Å². The number of furan rings is 2. The SMILES string of the molecule is Cc1cc(-c2c(C)ccc3c2C=C(c2occ4ccccc24)[CH]3[Zr]([Cl])([Cl])([CH]2C(c3occ4ccccc34)=Cc3c2ccc(C)c3-c2cc(C)c(C)c(C)c2)=[Si](C)C)cc(C)c1C. The van der Waals surface area contributed by atoms with E-state index >= 15 is 0 Å². The summed E-state index contributed by atoms with van der Waals surface area (Å²) in [6, 6.07) is 35.6. The molecule has 10 rings (SSSR count). The standard InChI is InChI=1S/2C27H23O.C2H6Si.2ClH.Zr/c2*1-16-9-10-20-13-23(27-24-8-6-5-7-21(24)15-28-27)14-25(20)26(16)22-11-17(2)19(4)18(3)12-22;1-3-2;;;/h2*5-15H,1-4H3;1-2H3;2*1H;/q;;;;;+2/p-2. The summed E-state index contributed by atoms with van der Waals surface area (Å²) in [4.78, 5) is 0. The van der Waals surface area contributed by atoms with Crippen molar-refractivity contribution in [3.05, 3.63) is 188 Å². The number of aryl methyl sites for hydroxylation is 6. The molecule has 0 saturated carbocycles. The summed E-state index contributed by atoms with van der Waals surface area (Å²) in [5.41, 5.74) is 20.6. The molecule has 2 unspecified atom stereocenters. The van der Waals surface area contributed by atoms with Crippen LogP contribution in [0.2, 0.25) is 13.1 Å². The van der Waals surface area contributed by atoms with Gasteiger partial charge in [-0.2, -0.15) is 0 Å². The molecule has 2 nitrogen and oxygen atoms in total. The Kier molecular flexibility index (Phi) is 9.93. The van der Waals surface area contributed by atoms with Gasteiger partial charge in [0, 0.05) is 0 Å². The molecule has 0 bridgehead atoms. The van der Waals surface area contributed by atoms with Crippen LogP contribution in [0.4, 0.5) is 0 Å². The van der Waals surface area contributed by atoms with Crippen LogP contribution in [0, 0.1) is 55.4 Å². The van der Waals surface area contributed by atoms with E-state index in [1.54, 1.807) is 0 Å². The summed E-state index contributed by atoms with van der Waals surface area (Å²) in [5, 5.41) is 4.28. The molecule has 8 aromatic rings. The number of hydrogen-bond acceptors (Lipinski definition) is 2. The van der Waals surface area contributed by atoms with Crippen LogP contribution >= 0.6 is 17.0 Å². The molecule has 2 aliphatic carbocycles. The van der Waals surface area contributed by atoms with Gasteiger partial charge in [0.25, 0.3) is 0 Å². The van der Waals surface area contributed by atoms with Crippen molar-refractivity contribution in [1.29, 1.82) is 0 Å². The first kappa shape index (κ1) is 41.6. The molecule has 0 saturated heterocycles. The number of fused-ring (bicyclic) bond motifs is 4. The maximum atomic E-state index is 9.20. The fraction of sp³-hybridized carbons (Fsp3) is 0.214. The molecule has 2 atom stereocenters. The van der Waals surface area contributed by atoms with Crippen LogP contribution in [0.25, 0.3) is 67.1 Å².